The van der Waals surface area contributed by atoms with Gasteiger partial charge < -0.3 is 4.74 Å². The van der Waals surface area contributed by atoms with Crippen molar-refractivity contribution in [2.45, 2.75) is 6.92 Å². The molecule has 0 N–H and O–H groups in total. The fourth-order valence-corrected chi connectivity index (χ4v) is 1.51. The molecule has 2 rings (SSSR count). The summed E-state index contributed by atoms with van der Waals surface area (Å²) in [6.45, 7) is 2.00. The Morgan fingerprint density at radius 1 is 1.44 bits per heavy atom. The molecule has 4 nitrogen and oxygen atoms in total. The zero-order valence-electron chi connectivity index (χ0n) is 9.18. The van der Waals surface area contributed by atoms with E-state index in [2.05, 4.69) is 5.10 Å². The summed E-state index contributed by atoms with van der Waals surface area (Å²) in [5, 5.41) is 4.17. The van der Waals surface area contributed by atoms with Gasteiger partial charge in [0.05, 0.1) is 18.4 Å². The van der Waals surface area contributed by atoms with E-state index in [1.807, 2.05) is 31.2 Å². The summed E-state index contributed by atoms with van der Waals surface area (Å²) >= 11 is 0. The third-order valence-corrected chi connectivity index (χ3v) is 2.29. The molecule has 0 aliphatic heterocycles. The third kappa shape index (κ3) is 1.82. The van der Waals surface area contributed by atoms with E-state index < -0.39 is 0 Å². The summed E-state index contributed by atoms with van der Waals surface area (Å²) in [6, 6.07) is 7.86. The number of hydrogen-bond acceptors (Lipinski definition) is 3. The van der Waals surface area contributed by atoms with Crippen LogP contribution in [0, 0.1) is 6.92 Å². The summed E-state index contributed by atoms with van der Waals surface area (Å²) < 4.78 is 6.64. The fraction of sp³-hybridized carbons (Fsp3) is 0.167. The first-order valence-electron chi connectivity index (χ1n) is 4.90. The summed E-state index contributed by atoms with van der Waals surface area (Å²) in [6.07, 6.45) is 2.39. The molecule has 4 heteroatoms. The quantitative estimate of drug-likeness (QED) is 0.737. The number of rotatable bonds is 3. The first-order valence-corrected chi connectivity index (χ1v) is 4.90. The lowest BCUT2D eigenvalue weighted by molar-refractivity contribution is 0.112. The number of ether oxygens (including phenoxy) is 1. The molecule has 0 unspecified atom stereocenters. The Labute approximate surface area is 93.5 Å². The Bertz CT molecular complexity index is 517. The maximum atomic E-state index is 10.8. The number of hydrogen-bond donors (Lipinski definition) is 0. The topological polar surface area (TPSA) is 44.1 Å². The van der Waals surface area contributed by atoms with Crippen LogP contribution in [0.4, 0.5) is 0 Å². The second-order valence-corrected chi connectivity index (χ2v) is 3.50. The lowest BCUT2D eigenvalue weighted by atomic mass is 10.2. The first kappa shape index (κ1) is 10.4. The molecular formula is C12H12N2O2. The predicted molar refractivity (Wildman–Crippen MR) is 60.2 cm³/mol. The first-order chi connectivity index (χ1) is 7.74. The van der Waals surface area contributed by atoms with Crippen molar-refractivity contribution >= 4 is 6.29 Å². The molecule has 16 heavy (non-hydrogen) atoms. The highest BCUT2D eigenvalue weighted by Crippen LogP contribution is 2.17. The zero-order chi connectivity index (χ0) is 11.5. The minimum Gasteiger partial charge on any atom is -0.479 e. The van der Waals surface area contributed by atoms with Gasteiger partial charge in [-0.25, -0.2) is 4.68 Å². The monoisotopic (exact) mass is 216 g/mol. The predicted octanol–water partition coefficient (Wildman–Crippen LogP) is 2.00. The average molecular weight is 216 g/mol. The molecule has 0 aliphatic rings. The van der Waals surface area contributed by atoms with Crippen molar-refractivity contribution in [2.24, 2.45) is 0 Å². The summed E-state index contributed by atoms with van der Waals surface area (Å²) in [4.78, 5) is 10.8. The van der Waals surface area contributed by atoms with Crippen LogP contribution in [0.2, 0.25) is 0 Å². The molecule has 0 spiro atoms. The minimum atomic E-state index is 0.344. The Kier molecular flexibility index (Phi) is 2.72. The van der Waals surface area contributed by atoms with Gasteiger partial charge in [-0.05, 0) is 24.6 Å². The van der Waals surface area contributed by atoms with Crippen molar-refractivity contribution in [2.75, 3.05) is 7.11 Å². The zero-order valence-corrected chi connectivity index (χ0v) is 9.18. The van der Waals surface area contributed by atoms with E-state index in [1.54, 1.807) is 10.9 Å². The van der Waals surface area contributed by atoms with E-state index >= 15 is 0 Å². The number of aldehydes is 1. The van der Waals surface area contributed by atoms with Crippen LogP contribution in [0.25, 0.3) is 5.69 Å². The van der Waals surface area contributed by atoms with Crippen LogP contribution in [0.3, 0.4) is 0 Å². The van der Waals surface area contributed by atoms with Gasteiger partial charge in [0.25, 0.3) is 0 Å². The highest BCUT2D eigenvalue weighted by molar-refractivity contribution is 5.78. The molecule has 82 valence electrons. The second-order valence-electron chi connectivity index (χ2n) is 3.50. The van der Waals surface area contributed by atoms with E-state index in [-0.39, 0.29) is 0 Å². The molecule has 2 aromatic rings. The smallest absolute Gasteiger partial charge is 0.243 e. The van der Waals surface area contributed by atoms with Crippen LogP contribution in [0.15, 0.2) is 30.5 Å². The molecule has 0 bridgehead atoms. The second kappa shape index (κ2) is 4.18. The molecule has 0 fully saturated rings. The van der Waals surface area contributed by atoms with Gasteiger partial charge in [-0.3, -0.25) is 4.79 Å². The summed E-state index contributed by atoms with van der Waals surface area (Å²) in [5.74, 6) is 0.344. The van der Waals surface area contributed by atoms with Crippen LogP contribution in [0.1, 0.15) is 15.9 Å². The summed E-state index contributed by atoms with van der Waals surface area (Å²) in [7, 11) is 1.50. The summed E-state index contributed by atoms with van der Waals surface area (Å²) in [5.41, 5.74) is 2.50. The standard InChI is InChI=1S/C12H12N2O2/c1-9-4-3-5-11(6-9)14-7-10(8-15)12(13-14)16-2/h3-8H,1-2H3. The molecule has 0 saturated carbocycles. The number of methoxy groups -OCH3 is 1. The van der Waals surface area contributed by atoms with Crippen molar-refractivity contribution in [3.8, 4) is 11.6 Å². The van der Waals surface area contributed by atoms with Crippen molar-refractivity contribution in [3.05, 3.63) is 41.6 Å². The third-order valence-electron chi connectivity index (χ3n) is 2.29. The Balaban J connectivity index is 2.48. The van der Waals surface area contributed by atoms with Crippen molar-refractivity contribution in [3.63, 3.8) is 0 Å². The molecule has 0 atom stereocenters. The van der Waals surface area contributed by atoms with Crippen LogP contribution in [0.5, 0.6) is 5.88 Å². The Morgan fingerprint density at radius 3 is 2.81 bits per heavy atom. The molecule has 1 aromatic carbocycles. The highest BCUT2D eigenvalue weighted by Gasteiger charge is 2.09. The van der Waals surface area contributed by atoms with Crippen molar-refractivity contribution in [1.82, 2.24) is 9.78 Å². The maximum Gasteiger partial charge on any atom is 0.243 e. The largest absolute Gasteiger partial charge is 0.479 e. The van der Waals surface area contributed by atoms with E-state index in [0.29, 0.717) is 11.4 Å². The lowest BCUT2D eigenvalue weighted by Gasteiger charge is -2.01. The van der Waals surface area contributed by atoms with Crippen LogP contribution in [-0.2, 0) is 0 Å². The van der Waals surface area contributed by atoms with Gasteiger partial charge in [0.2, 0.25) is 5.88 Å². The van der Waals surface area contributed by atoms with Gasteiger partial charge in [-0.15, -0.1) is 5.10 Å². The molecule has 0 radical (unpaired) electrons. The fourth-order valence-electron chi connectivity index (χ4n) is 1.51. The lowest BCUT2D eigenvalue weighted by Crippen LogP contribution is -1.95. The van der Waals surface area contributed by atoms with Crippen LogP contribution < -0.4 is 4.74 Å². The average Bonchev–Trinajstić information content (AvgIpc) is 2.72. The molecule has 0 saturated heterocycles. The van der Waals surface area contributed by atoms with E-state index in [9.17, 15) is 4.79 Å². The van der Waals surface area contributed by atoms with E-state index in [0.717, 1.165) is 17.5 Å². The normalized spacial score (nSPS) is 10.1. The van der Waals surface area contributed by atoms with E-state index in [1.165, 1.54) is 7.11 Å². The van der Waals surface area contributed by atoms with Gasteiger partial charge >= 0.3 is 0 Å². The van der Waals surface area contributed by atoms with Crippen molar-refractivity contribution < 1.29 is 9.53 Å². The van der Waals surface area contributed by atoms with Gasteiger partial charge in [-0.2, -0.15) is 0 Å². The van der Waals surface area contributed by atoms with E-state index in [4.69, 9.17) is 4.74 Å². The Morgan fingerprint density at radius 2 is 2.25 bits per heavy atom. The molecule has 1 heterocycles. The van der Waals surface area contributed by atoms with Crippen molar-refractivity contribution in [1.29, 1.82) is 0 Å². The molecular weight excluding hydrogens is 204 g/mol. The Hall–Kier alpha value is -2.10. The van der Waals surface area contributed by atoms with Gasteiger partial charge in [-0.1, -0.05) is 12.1 Å². The van der Waals surface area contributed by atoms with Gasteiger partial charge in [0, 0.05) is 6.20 Å². The van der Waals surface area contributed by atoms with Gasteiger partial charge in [0.1, 0.15) is 0 Å². The number of carbonyl (C=O) groups is 1. The SMILES string of the molecule is COc1nn(-c2cccc(C)c2)cc1C=O. The van der Waals surface area contributed by atoms with Crippen LogP contribution in [-0.4, -0.2) is 23.2 Å². The minimum absolute atomic E-state index is 0.344. The number of aromatic nitrogens is 2. The van der Waals surface area contributed by atoms with Gasteiger partial charge in [0.15, 0.2) is 6.29 Å². The maximum absolute atomic E-state index is 10.8. The molecule has 1 aromatic heterocycles. The number of benzene rings is 1. The number of aryl methyl sites for hydroxylation is 1. The highest BCUT2D eigenvalue weighted by atomic mass is 16.5. The molecule has 0 amide bonds. The number of carbonyl (C=O) groups excluding carboxylic acids is 1. The van der Waals surface area contributed by atoms with Crippen LogP contribution >= 0.6 is 0 Å². The number of nitrogens with zero attached hydrogens (tertiary/aromatic N) is 2. The molecule has 0 aliphatic carbocycles.